The third-order valence-electron chi connectivity index (χ3n) is 4.13. The highest BCUT2D eigenvalue weighted by Gasteiger charge is 2.16. The molecule has 0 saturated carbocycles. The average molecular weight is 303 g/mol. The molecule has 2 heterocycles. The Morgan fingerprint density at radius 2 is 2.17 bits per heavy atom. The summed E-state index contributed by atoms with van der Waals surface area (Å²) in [5.41, 5.74) is 10.3. The van der Waals surface area contributed by atoms with Crippen LogP contribution in [0.2, 0.25) is 0 Å². The molecule has 0 bridgehead atoms. The quantitative estimate of drug-likeness (QED) is 0.628. The minimum absolute atomic E-state index is 0.424. The predicted octanol–water partition coefficient (Wildman–Crippen LogP) is 3.64. The monoisotopic (exact) mass is 303 g/mol. The summed E-state index contributed by atoms with van der Waals surface area (Å²) in [7, 11) is 0. The lowest BCUT2D eigenvalue weighted by atomic mass is 10.1. The molecule has 23 heavy (non-hydrogen) atoms. The molecule has 0 aliphatic carbocycles. The van der Waals surface area contributed by atoms with Gasteiger partial charge in [-0.2, -0.15) is 0 Å². The first-order chi connectivity index (χ1) is 11.1. The summed E-state index contributed by atoms with van der Waals surface area (Å²) >= 11 is 0. The average Bonchev–Trinajstić information content (AvgIpc) is 3.14. The number of benzene rings is 2. The molecule has 0 atom stereocenters. The van der Waals surface area contributed by atoms with Crippen LogP contribution in [0, 0.1) is 13.0 Å². The third-order valence-corrected chi connectivity index (χ3v) is 4.13. The highest BCUT2D eigenvalue weighted by Crippen LogP contribution is 2.32. The largest absolute Gasteiger partial charge is 0.472 e. The zero-order valence-electron chi connectivity index (χ0n) is 12.7. The number of hydrogen-bond acceptors (Lipinski definition) is 2. The molecule has 2 aromatic carbocycles. The van der Waals surface area contributed by atoms with Gasteiger partial charge in [-0.3, -0.25) is 4.79 Å². The molecule has 4 heteroatoms. The summed E-state index contributed by atoms with van der Waals surface area (Å²) in [6, 6.07) is 14.9. The number of nitrogens with two attached hydrogens (primary N) is 1. The summed E-state index contributed by atoms with van der Waals surface area (Å²) in [5, 5.41) is 1.78. The summed E-state index contributed by atoms with van der Waals surface area (Å²) in [5.74, 6) is -0.424. The van der Waals surface area contributed by atoms with Crippen LogP contribution in [0.25, 0.3) is 21.8 Å². The van der Waals surface area contributed by atoms with E-state index in [0.29, 0.717) is 12.1 Å². The van der Waals surface area contributed by atoms with Gasteiger partial charge in [0, 0.05) is 21.9 Å². The Kier molecular flexibility index (Phi) is 2.98. The molecule has 0 saturated heterocycles. The summed E-state index contributed by atoms with van der Waals surface area (Å²) in [6.07, 6.45) is 3.39. The molecule has 4 nitrogen and oxygen atoms in total. The first-order valence-corrected chi connectivity index (χ1v) is 7.39. The normalized spacial score (nSPS) is 11.3. The molecule has 113 valence electrons. The van der Waals surface area contributed by atoms with Crippen molar-refractivity contribution in [1.82, 2.24) is 4.57 Å². The Morgan fingerprint density at radius 3 is 2.91 bits per heavy atom. The van der Waals surface area contributed by atoms with Gasteiger partial charge < -0.3 is 14.7 Å². The number of aryl methyl sites for hydroxylation is 1. The smallest absolute Gasteiger partial charge is 0.249 e. The maximum atomic E-state index is 11.8. The predicted molar refractivity (Wildman–Crippen MR) is 89.3 cm³/mol. The minimum atomic E-state index is -0.424. The Balaban J connectivity index is 2.11. The lowest BCUT2D eigenvalue weighted by Crippen LogP contribution is -2.11. The topological polar surface area (TPSA) is 61.2 Å². The van der Waals surface area contributed by atoms with Crippen molar-refractivity contribution in [3.05, 3.63) is 71.7 Å². The lowest BCUT2D eigenvalue weighted by Gasteiger charge is -2.06. The number of primary amides is 1. The fourth-order valence-electron chi connectivity index (χ4n) is 3.10. The number of nitrogens with zero attached hydrogens (tertiary/aromatic N) is 1. The number of carbonyl (C=O) groups excluding carboxylic acids is 1. The van der Waals surface area contributed by atoms with Crippen molar-refractivity contribution in [2.75, 3.05) is 0 Å². The fourth-order valence-corrected chi connectivity index (χ4v) is 3.10. The fraction of sp³-hybridized carbons (Fsp3) is 0.105. The Morgan fingerprint density at radius 1 is 1.30 bits per heavy atom. The third kappa shape index (κ3) is 2.11. The van der Waals surface area contributed by atoms with Crippen LogP contribution in [0.4, 0.5) is 0 Å². The maximum absolute atomic E-state index is 11.8. The van der Waals surface area contributed by atoms with Gasteiger partial charge in [0.2, 0.25) is 5.91 Å². The number of aromatic nitrogens is 1. The molecule has 0 spiro atoms. The van der Waals surface area contributed by atoms with Crippen molar-refractivity contribution in [3.8, 4) is 0 Å². The van der Waals surface area contributed by atoms with E-state index in [2.05, 4.69) is 16.7 Å². The highest BCUT2D eigenvalue weighted by molar-refractivity contribution is 6.17. The van der Waals surface area contributed by atoms with Crippen molar-refractivity contribution in [1.29, 1.82) is 0 Å². The van der Waals surface area contributed by atoms with E-state index in [9.17, 15) is 4.79 Å². The van der Waals surface area contributed by atoms with Crippen molar-refractivity contribution < 1.29 is 9.21 Å². The van der Waals surface area contributed by atoms with E-state index in [1.165, 1.54) is 0 Å². The van der Waals surface area contributed by atoms with Crippen molar-refractivity contribution >= 4 is 27.7 Å². The van der Waals surface area contributed by atoms with Crippen LogP contribution < -0.4 is 5.73 Å². The van der Waals surface area contributed by atoms with Crippen LogP contribution in [0.15, 0.2) is 53.3 Å². The zero-order valence-corrected chi connectivity index (χ0v) is 12.7. The van der Waals surface area contributed by atoms with E-state index < -0.39 is 5.91 Å². The highest BCUT2D eigenvalue weighted by atomic mass is 16.3. The van der Waals surface area contributed by atoms with Crippen LogP contribution in [-0.2, 0) is 6.54 Å². The van der Waals surface area contributed by atoms with Crippen molar-refractivity contribution in [2.24, 2.45) is 5.73 Å². The van der Waals surface area contributed by atoms with E-state index in [1.54, 1.807) is 18.6 Å². The molecule has 1 radical (unpaired) electrons. The summed E-state index contributed by atoms with van der Waals surface area (Å²) in [4.78, 5) is 11.8. The van der Waals surface area contributed by atoms with Crippen LogP contribution >= 0.6 is 0 Å². The number of fused-ring (bicyclic) bond motifs is 3. The Bertz CT molecular complexity index is 1030. The molecule has 0 fully saturated rings. The summed E-state index contributed by atoms with van der Waals surface area (Å²) in [6.45, 7) is 2.70. The second kappa shape index (κ2) is 5.02. The number of carbonyl (C=O) groups is 1. The molecule has 0 unspecified atom stereocenters. The number of rotatable bonds is 3. The molecule has 4 aromatic rings. The van der Waals surface area contributed by atoms with E-state index in [0.717, 1.165) is 32.9 Å². The van der Waals surface area contributed by atoms with Gasteiger partial charge in [-0.15, -0.1) is 0 Å². The lowest BCUT2D eigenvalue weighted by molar-refractivity contribution is 0.100. The van der Waals surface area contributed by atoms with Crippen LogP contribution in [0.3, 0.4) is 0 Å². The van der Waals surface area contributed by atoms with E-state index in [1.807, 2.05) is 31.2 Å². The maximum Gasteiger partial charge on any atom is 0.249 e. The first kappa shape index (κ1) is 13.6. The zero-order chi connectivity index (χ0) is 16.0. The van der Waals surface area contributed by atoms with Crippen LogP contribution in [0.1, 0.15) is 21.5 Å². The molecule has 0 aliphatic heterocycles. The van der Waals surface area contributed by atoms with E-state index in [4.69, 9.17) is 10.2 Å². The van der Waals surface area contributed by atoms with Gasteiger partial charge in [0.25, 0.3) is 0 Å². The van der Waals surface area contributed by atoms with Gasteiger partial charge in [0.05, 0.1) is 30.1 Å². The number of furan rings is 1. The van der Waals surface area contributed by atoms with Gasteiger partial charge >= 0.3 is 0 Å². The van der Waals surface area contributed by atoms with Crippen LogP contribution in [-0.4, -0.2) is 10.5 Å². The van der Waals surface area contributed by atoms with Crippen molar-refractivity contribution in [2.45, 2.75) is 13.5 Å². The summed E-state index contributed by atoms with van der Waals surface area (Å²) < 4.78 is 7.35. The van der Waals surface area contributed by atoms with Gasteiger partial charge in [0.1, 0.15) is 0 Å². The van der Waals surface area contributed by atoms with Gasteiger partial charge in [-0.05, 0) is 42.8 Å². The SMILES string of the molecule is Cc1c[c]c2c3c(C(N)=O)cccc3n(Cc3ccoc3)c2c1. The molecular weight excluding hydrogens is 288 g/mol. The molecule has 1 amide bonds. The molecule has 2 aromatic heterocycles. The Labute approximate surface area is 133 Å². The number of amides is 1. The molecule has 0 aliphatic rings. The molecular formula is C19H15N2O2. The van der Waals surface area contributed by atoms with E-state index >= 15 is 0 Å². The second-order valence-electron chi connectivity index (χ2n) is 5.72. The van der Waals surface area contributed by atoms with Gasteiger partial charge in [0.15, 0.2) is 0 Å². The number of hydrogen-bond donors (Lipinski definition) is 1. The van der Waals surface area contributed by atoms with Crippen molar-refractivity contribution in [3.63, 3.8) is 0 Å². The molecule has 4 rings (SSSR count). The standard InChI is InChI=1S/C19H15N2O2/c1-12-5-6-14-17(9-12)21(10-13-7-8-23-11-13)16-4-2-3-15(18(14)16)19(20)22/h2-5,7-9,11H,10H2,1H3,(H2,20,22). The Hall–Kier alpha value is -3.01. The minimum Gasteiger partial charge on any atom is -0.472 e. The van der Waals surface area contributed by atoms with Crippen LogP contribution in [0.5, 0.6) is 0 Å². The second-order valence-corrected chi connectivity index (χ2v) is 5.72. The molecule has 2 N–H and O–H groups in total. The first-order valence-electron chi connectivity index (χ1n) is 7.39. The van der Waals surface area contributed by atoms with Gasteiger partial charge in [-0.1, -0.05) is 12.1 Å². The van der Waals surface area contributed by atoms with Gasteiger partial charge in [-0.25, -0.2) is 0 Å². The van der Waals surface area contributed by atoms with E-state index in [-0.39, 0.29) is 0 Å².